The lowest BCUT2D eigenvalue weighted by atomic mass is 9.82. The maximum absolute atomic E-state index is 11.5. The van der Waals surface area contributed by atoms with Crippen molar-refractivity contribution in [2.75, 3.05) is 0 Å². The SMILES string of the molecule is CCCC(C)(C(=O)O)c1cc2cc([N+](=O)[O-])ccc2[nH]1. The third-order valence-electron chi connectivity index (χ3n) is 3.63. The standard InChI is InChI=1S/C14H16N2O4/c1-3-6-14(2,13(17)18)12-8-9-7-10(16(19)20)4-5-11(9)15-12/h4-5,7-8,15H,3,6H2,1-2H3,(H,17,18). The molecule has 106 valence electrons. The van der Waals surface area contributed by atoms with Gasteiger partial charge < -0.3 is 10.1 Å². The highest BCUT2D eigenvalue weighted by molar-refractivity contribution is 5.87. The molecule has 0 saturated carbocycles. The number of nitrogens with one attached hydrogen (secondary N) is 1. The summed E-state index contributed by atoms with van der Waals surface area (Å²) in [4.78, 5) is 24.9. The first-order chi connectivity index (χ1) is 9.38. The normalized spacial score (nSPS) is 14.1. The fourth-order valence-corrected chi connectivity index (χ4v) is 2.39. The Balaban J connectivity index is 2.55. The number of nitro groups is 1. The van der Waals surface area contributed by atoms with E-state index in [9.17, 15) is 20.0 Å². The quantitative estimate of drug-likeness (QED) is 0.647. The number of nitro benzene ring substituents is 1. The molecule has 2 rings (SSSR count). The van der Waals surface area contributed by atoms with Gasteiger partial charge in [0, 0.05) is 28.7 Å². The lowest BCUT2D eigenvalue weighted by molar-refractivity contribution is -0.384. The predicted octanol–water partition coefficient (Wildman–Crippen LogP) is 3.22. The van der Waals surface area contributed by atoms with Gasteiger partial charge in [0.05, 0.1) is 4.92 Å². The molecule has 1 aromatic carbocycles. The van der Waals surface area contributed by atoms with Gasteiger partial charge in [-0.2, -0.15) is 0 Å². The Labute approximate surface area is 115 Å². The maximum Gasteiger partial charge on any atom is 0.315 e. The number of fused-ring (bicyclic) bond motifs is 1. The molecular weight excluding hydrogens is 260 g/mol. The first-order valence-corrected chi connectivity index (χ1v) is 6.39. The zero-order valence-electron chi connectivity index (χ0n) is 11.3. The highest BCUT2D eigenvalue weighted by Crippen LogP contribution is 2.32. The Morgan fingerprint density at radius 3 is 2.70 bits per heavy atom. The van der Waals surface area contributed by atoms with Crippen molar-refractivity contribution in [1.29, 1.82) is 0 Å². The Bertz CT molecular complexity index is 677. The zero-order valence-corrected chi connectivity index (χ0v) is 11.3. The fraction of sp³-hybridized carbons (Fsp3) is 0.357. The number of aromatic nitrogens is 1. The molecule has 1 heterocycles. The number of aromatic amines is 1. The van der Waals surface area contributed by atoms with E-state index in [1.807, 2.05) is 6.92 Å². The summed E-state index contributed by atoms with van der Waals surface area (Å²) in [5.41, 5.74) is 0.259. The molecule has 20 heavy (non-hydrogen) atoms. The zero-order chi connectivity index (χ0) is 14.9. The number of rotatable bonds is 5. The van der Waals surface area contributed by atoms with Gasteiger partial charge >= 0.3 is 5.97 Å². The van der Waals surface area contributed by atoms with Crippen LogP contribution in [0.15, 0.2) is 24.3 Å². The van der Waals surface area contributed by atoms with Gasteiger partial charge in [-0.05, 0) is 25.5 Å². The van der Waals surface area contributed by atoms with E-state index in [0.29, 0.717) is 23.0 Å². The van der Waals surface area contributed by atoms with Crippen molar-refractivity contribution >= 4 is 22.6 Å². The number of aliphatic carboxylic acids is 1. The second-order valence-corrected chi connectivity index (χ2v) is 5.10. The number of hydrogen-bond donors (Lipinski definition) is 2. The summed E-state index contributed by atoms with van der Waals surface area (Å²) in [6, 6.07) is 6.14. The van der Waals surface area contributed by atoms with Gasteiger partial charge in [0.2, 0.25) is 0 Å². The monoisotopic (exact) mass is 276 g/mol. The lowest BCUT2D eigenvalue weighted by Crippen LogP contribution is -2.32. The first-order valence-electron chi connectivity index (χ1n) is 6.39. The second-order valence-electron chi connectivity index (χ2n) is 5.10. The van der Waals surface area contributed by atoms with Crippen LogP contribution in [0.4, 0.5) is 5.69 Å². The van der Waals surface area contributed by atoms with Crippen LogP contribution in [0.25, 0.3) is 10.9 Å². The van der Waals surface area contributed by atoms with Crippen molar-refractivity contribution in [3.05, 3.63) is 40.1 Å². The van der Waals surface area contributed by atoms with Gasteiger partial charge in [-0.25, -0.2) is 0 Å². The average molecular weight is 276 g/mol. The van der Waals surface area contributed by atoms with Crippen LogP contribution in [-0.2, 0) is 10.2 Å². The van der Waals surface area contributed by atoms with E-state index in [1.54, 1.807) is 19.1 Å². The molecule has 0 radical (unpaired) electrons. The molecule has 0 aliphatic heterocycles. The van der Waals surface area contributed by atoms with Crippen molar-refractivity contribution < 1.29 is 14.8 Å². The van der Waals surface area contributed by atoms with Crippen molar-refractivity contribution in [2.24, 2.45) is 0 Å². The van der Waals surface area contributed by atoms with Crippen LogP contribution in [-0.4, -0.2) is 21.0 Å². The minimum absolute atomic E-state index is 0.00410. The van der Waals surface area contributed by atoms with Gasteiger partial charge in [0.1, 0.15) is 5.41 Å². The van der Waals surface area contributed by atoms with E-state index >= 15 is 0 Å². The molecule has 1 atom stereocenters. The Kier molecular flexibility index (Phi) is 3.48. The van der Waals surface area contributed by atoms with Gasteiger partial charge in [0.25, 0.3) is 5.69 Å². The summed E-state index contributed by atoms with van der Waals surface area (Å²) in [6.07, 6.45) is 1.23. The molecule has 0 fully saturated rings. The lowest BCUT2D eigenvalue weighted by Gasteiger charge is -2.22. The molecule has 0 bridgehead atoms. The average Bonchev–Trinajstić information content (AvgIpc) is 2.81. The van der Waals surface area contributed by atoms with Gasteiger partial charge in [0.15, 0.2) is 0 Å². The van der Waals surface area contributed by atoms with E-state index < -0.39 is 16.3 Å². The number of H-pyrrole nitrogens is 1. The minimum atomic E-state index is -1.01. The topological polar surface area (TPSA) is 96.2 Å². The molecule has 1 unspecified atom stereocenters. The largest absolute Gasteiger partial charge is 0.481 e. The van der Waals surface area contributed by atoms with Crippen LogP contribution in [0.1, 0.15) is 32.4 Å². The van der Waals surface area contributed by atoms with Crippen LogP contribution in [0, 0.1) is 10.1 Å². The van der Waals surface area contributed by atoms with Crippen molar-refractivity contribution in [2.45, 2.75) is 32.1 Å². The summed E-state index contributed by atoms with van der Waals surface area (Å²) in [5, 5.41) is 20.9. The number of carboxylic acid groups (broad SMARTS) is 1. The Hall–Kier alpha value is -2.37. The van der Waals surface area contributed by atoms with Crippen LogP contribution in [0.2, 0.25) is 0 Å². The first kappa shape index (κ1) is 14.0. The summed E-state index contributed by atoms with van der Waals surface area (Å²) < 4.78 is 0. The molecule has 0 amide bonds. The number of hydrogen-bond acceptors (Lipinski definition) is 3. The van der Waals surface area contributed by atoms with E-state index in [0.717, 1.165) is 6.42 Å². The van der Waals surface area contributed by atoms with Crippen molar-refractivity contribution in [1.82, 2.24) is 4.98 Å². The molecule has 2 N–H and O–H groups in total. The molecule has 6 heteroatoms. The molecule has 1 aromatic heterocycles. The number of carboxylic acids is 1. The summed E-state index contributed by atoms with van der Waals surface area (Å²) in [7, 11) is 0. The third-order valence-corrected chi connectivity index (χ3v) is 3.63. The second kappa shape index (κ2) is 4.96. The number of benzene rings is 1. The smallest absolute Gasteiger partial charge is 0.315 e. The van der Waals surface area contributed by atoms with Crippen molar-refractivity contribution in [3.8, 4) is 0 Å². The molecule has 6 nitrogen and oxygen atoms in total. The molecule has 0 spiro atoms. The van der Waals surface area contributed by atoms with E-state index in [2.05, 4.69) is 4.98 Å². The molecule has 0 aliphatic carbocycles. The summed E-state index contributed by atoms with van der Waals surface area (Å²) in [5.74, 6) is -0.902. The molecular formula is C14H16N2O4. The number of nitrogens with zero attached hydrogens (tertiary/aromatic N) is 1. The molecule has 0 saturated heterocycles. The van der Waals surface area contributed by atoms with Crippen LogP contribution < -0.4 is 0 Å². The van der Waals surface area contributed by atoms with Gasteiger partial charge in [-0.3, -0.25) is 14.9 Å². The highest BCUT2D eigenvalue weighted by atomic mass is 16.6. The fourth-order valence-electron chi connectivity index (χ4n) is 2.39. The minimum Gasteiger partial charge on any atom is -0.481 e. The van der Waals surface area contributed by atoms with E-state index in [4.69, 9.17) is 0 Å². The number of carbonyl (C=O) groups is 1. The van der Waals surface area contributed by atoms with Crippen LogP contribution in [0.3, 0.4) is 0 Å². The number of non-ortho nitro benzene ring substituents is 1. The Morgan fingerprint density at radius 2 is 2.15 bits per heavy atom. The van der Waals surface area contributed by atoms with Gasteiger partial charge in [-0.15, -0.1) is 0 Å². The van der Waals surface area contributed by atoms with Gasteiger partial charge in [-0.1, -0.05) is 13.3 Å². The molecule has 2 aromatic rings. The maximum atomic E-state index is 11.5. The van der Waals surface area contributed by atoms with E-state index in [-0.39, 0.29) is 5.69 Å². The van der Waals surface area contributed by atoms with E-state index in [1.165, 1.54) is 12.1 Å². The summed E-state index contributed by atoms with van der Waals surface area (Å²) in [6.45, 7) is 3.59. The summed E-state index contributed by atoms with van der Waals surface area (Å²) >= 11 is 0. The highest BCUT2D eigenvalue weighted by Gasteiger charge is 2.35. The third kappa shape index (κ3) is 2.24. The van der Waals surface area contributed by atoms with Crippen molar-refractivity contribution in [3.63, 3.8) is 0 Å². The molecule has 0 aliphatic rings. The van der Waals surface area contributed by atoms with Crippen LogP contribution in [0.5, 0.6) is 0 Å². The van der Waals surface area contributed by atoms with Crippen LogP contribution >= 0.6 is 0 Å². The predicted molar refractivity (Wildman–Crippen MR) is 74.8 cm³/mol. The Morgan fingerprint density at radius 1 is 1.45 bits per heavy atom.